The Morgan fingerprint density at radius 1 is 0.833 bits per heavy atom. The summed E-state index contributed by atoms with van der Waals surface area (Å²) < 4.78 is 0. The lowest BCUT2D eigenvalue weighted by Gasteiger charge is -2.12. The van der Waals surface area contributed by atoms with E-state index in [-0.39, 0.29) is 0 Å². The molecule has 2 heterocycles. The molecule has 0 bridgehead atoms. The highest BCUT2D eigenvalue weighted by atomic mass is 15.2. The van der Waals surface area contributed by atoms with Crippen molar-refractivity contribution in [2.24, 2.45) is 0 Å². The third-order valence-electron chi connectivity index (χ3n) is 4.36. The average molecular weight is 314 g/mol. The van der Waals surface area contributed by atoms with Crippen LogP contribution in [0, 0.1) is 20.8 Å². The van der Waals surface area contributed by atoms with Crippen LogP contribution in [-0.4, -0.2) is 20.2 Å². The second kappa shape index (κ2) is 5.57. The first-order chi connectivity index (χ1) is 11.6. The highest BCUT2D eigenvalue weighted by Crippen LogP contribution is 2.30. The van der Waals surface area contributed by atoms with Crippen LogP contribution in [-0.2, 0) is 0 Å². The molecule has 24 heavy (non-hydrogen) atoms. The largest absolute Gasteiger partial charge is 0.359 e. The third kappa shape index (κ3) is 2.36. The van der Waals surface area contributed by atoms with Gasteiger partial charge in [-0.2, -0.15) is 0 Å². The number of fused-ring (bicyclic) bond motifs is 1. The summed E-state index contributed by atoms with van der Waals surface area (Å²) >= 11 is 0. The number of hydrogen-bond donors (Lipinski definition) is 1. The molecule has 0 aliphatic heterocycles. The molecule has 4 nitrogen and oxygen atoms in total. The first kappa shape index (κ1) is 14.6. The second-order valence-corrected chi connectivity index (χ2v) is 6.15. The van der Waals surface area contributed by atoms with E-state index in [1.165, 1.54) is 22.3 Å². The minimum Gasteiger partial charge on any atom is -0.359 e. The van der Waals surface area contributed by atoms with Gasteiger partial charge in [-0.05, 0) is 72.9 Å². The molecule has 0 aliphatic carbocycles. The van der Waals surface area contributed by atoms with Crippen LogP contribution in [0.3, 0.4) is 0 Å². The van der Waals surface area contributed by atoms with Crippen LogP contribution in [0.4, 0.5) is 0 Å². The molecule has 1 N–H and O–H groups in total. The molecule has 4 rings (SSSR count). The number of hydrogen-bond acceptors (Lipinski definition) is 3. The van der Waals surface area contributed by atoms with Crippen LogP contribution in [0.25, 0.3) is 33.7 Å². The molecule has 118 valence electrons. The predicted molar refractivity (Wildman–Crippen MR) is 96.8 cm³/mol. The van der Waals surface area contributed by atoms with E-state index in [4.69, 9.17) is 4.98 Å². The standard InChI is InChI=1S/C20H18N4/c1-12-6-4-7-13(2)18(12)15-10-14(3)19-17(11-15)23-24-20(22-19)16-8-5-9-21-16/h4-11,21H,1-3H3. The van der Waals surface area contributed by atoms with E-state index in [1.807, 2.05) is 18.3 Å². The van der Waals surface area contributed by atoms with E-state index in [9.17, 15) is 0 Å². The third-order valence-corrected chi connectivity index (χ3v) is 4.36. The van der Waals surface area contributed by atoms with Gasteiger partial charge < -0.3 is 4.98 Å². The van der Waals surface area contributed by atoms with Gasteiger partial charge >= 0.3 is 0 Å². The van der Waals surface area contributed by atoms with Gasteiger partial charge in [0, 0.05) is 6.20 Å². The number of aromatic nitrogens is 4. The molecule has 0 saturated heterocycles. The Balaban J connectivity index is 1.91. The van der Waals surface area contributed by atoms with E-state index in [1.54, 1.807) is 0 Å². The van der Waals surface area contributed by atoms with Gasteiger partial charge in [-0.25, -0.2) is 4.98 Å². The number of rotatable bonds is 2. The van der Waals surface area contributed by atoms with Crippen LogP contribution in [0.5, 0.6) is 0 Å². The van der Waals surface area contributed by atoms with Gasteiger partial charge in [-0.3, -0.25) is 0 Å². The van der Waals surface area contributed by atoms with E-state index in [0.29, 0.717) is 5.82 Å². The molecule has 0 spiro atoms. The molecule has 4 aromatic rings. The maximum atomic E-state index is 4.69. The number of aryl methyl sites for hydroxylation is 3. The van der Waals surface area contributed by atoms with E-state index >= 15 is 0 Å². The summed E-state index contributed by atoms with van der Waals surface area (Å²) in [5, 5.41) is 8.69. The van der Waals surface area contributed by atoms with Gasteiger partial charge in [0.1, 0.15) is 5.52 Å². The summed E-state index contributed by atoms with van der Waals surface area (Å²) in [6.45, 7) is 6.35. The molecule has 0 aliphatic rings. The Kier molecular flexibility index (Phi) is 3.38. The van der Waals surface area contributed by atoms with Crippen molar-refractivity contribution in [3.05, 3.63) is 65.4 Å². The Labute approximate surface area is 140 Å². The Hall–Kier alpha value is -3.01. The van der Waals surface area contributed by atoms with Gasteiger partial charge in [0.2, 0.25) is 0 Å². The monoisotopic (exact) mass is 314 g/mol. The quantitative estimate of drug-likeness (QED) is 0.587. The second-order valence-electron chi connectivity index (χ2n) is 6.15. The number of benzene rings is 2. The zero-order chi connectivity index (χ0) is 16.7. The fraction of sp³-hybridized carbons (Fsp3) is 0.150. The molecular formula is C20H18N4. The van der Waals surface area contributed by atoms with Gasteiger partial charge in [-0.1, -0.05) is 18.2 Å². The van der Waals surface area contributed by atoms with Crippen molar-refractivity contribution in [3.8, 4) is 22.6 Å². The van der Waals surface area contributed by atoms with E-state index < -0.39 is 0 Å². The maximum Gasteiger partial charge on any atom is 0.198 e. The van der Waals surface area contributed by atoms with Crippen molar-refractivity contribution in [3.63, 3.8) is 0 Å². The van der Waals surface area contributed by atoms with Crippen molar-refractivity contribution in [2.75, 3.05) is 0 Å². The molecule has 2 aromatic carbocycles. The lowest BCUT2D eigenvalue weighted by molar-refractivity contribution is 1.02. The summed E-state index contributed by atoms with van der Waals surface area (Å²) in [4.78, 5) is 7.82. The van der Waals surface area contributed by atoms with E-state index in [0.717, 1.165) is 22.3 Å². The smallest absolute Gasteiger partial charge is 0.198 e. The Morgan fingerprint density at radius 2 is 1.62 bits per heavy atom. The SMILES string of the molecule is Cc1cccc(C)c1-c1cc(C)c2nc(-c3ccc[nH]3)nnc2c1. The lowest BCUT2D eigenvalue weighted by atomic mass is 9.94. The summed E-state index contributed by atoms with van der Waals surface area (Å²) in [7, 11) is 0. The summed E-state index contributed by atoms with van der Waals surface area (Å²) in [5.74, 6) is 0.621. The average Bonchev–Trinajstić information content (AvgIpc) is 3.09. The predicted octanol–water partition coefficient (Wildman–Crippen LogP) is 4.61. The lowest BCUT2D eigenvalue weighted by Crippen LogP contribution is -1.97. The maximum absolute atomic E-state index is 4.69. The molecule has 0 atom stereocenters. The molecule has 0 saturated carbocycles. The minimum atomic E-state index is 0.621. The number of aromatic amines is 1. The number of nitrogens with zero attached hydrogens (tertiary/aromatic N) is 3. The van der Waals surface area contributed by atoms with Crippen molar-refractivity contribution in [2.45, 2.75) is 20.8 Å². The molecule has 0 amide bonds. The first-order valence-electron chi connectivity index (χ1n) is 7.99. The van der Waals surface area contributed by atoms with Crippen LogP contribution in [0.2, 0.25) is 0 Å². The highest BCUT2D eigenvalue weighted by Gasteiger charge is 2.12. The van der Waals surface area contributed by atoms with Crippen molar-refractivity contribution < 1.29 is 0 Å². The molecule has 4 heteroatoms. The van der Waals surface area contributed by atoms with Gasteiger partial charge in [-0.15, -0.1) is 10.2 Å². The highest BCUT2D eigenvalue weighted by molar-refractivity contribution is 5.86. The zero-order valence-electron chi connectivity index (χ0n) is 14.0. The molecule has 0 radical (unpaired) electrons. The summed E-state index contributed by atoms with van der Waals surface area (Å²) in [6, 6.07) is 14.5. The first-order valence-corrected chi connectivity index (χ1v) is 7.99. The molecular weight excluding hydrogens is 296 g/mol. The van der Waals surface area contributed by atoms with Crippen LogP contribution in [0.15, 0.2) is 48.7 Å². The van der Waals surface area contributed by atoms with Crippen LogP contribution in [0.1, 0.15) is 16.7 Å². The summed E-state index contributed by atoms with van der Waals surface area (Å²) in [6.07, 6.45) is 1.86. The van der Waals surface area contributed by atoms with Crippen molar-refractivity contribution in [1.82, 2.24) is 20.2 Å². The fourth-order valence-corrected chi connectivity index (χ4v) is 3.21. The van der Waals surface area contributed by atoms with Crippen molar-refractivity contribution in [1.29, 1.82) is 0 Å². The fourth-order valence-electron chi connectivity index (χ4n) is 3.21. The van der Waals surface area contributed by atoms with Gasteiger partial charge in [0.15, 0.2) is 5.82 Å². The molecule has 0 fully saturated rings. The van der Waals surface area contributed by atoms with E-state index in [2.05, 4.69) is 66.3 Å². The van der Waals surface area contributed by atoms with Crippen molar-refractivity contribution >= 4 is 11.0 Å². The molecule has 2 aromatic heterocycles. The Bertz CT molecular complexity index is 1010. The Morgan fingerprint density at radius 3 is 2.33 bits per heavy atom. The van der Waals surface area contributed by atoms with Crippen LogP contribution >= 0.6 is 0 Å². The van der Waals surface area contributed by atoms with Gasteiger partial charge in [0.25, 0.3) is 0 Å². The number of H-pyrrole nitrogens is 1. The molecule has 0 unspecified atom stereocenters. The minimum absolute atomic E-state index is 0.621. The van der Waals surface area contributed by atoms with Gasteiger partial charge in [0.05, 0.1) is 11.2 Å². The normalized spacial score (nSPS) is 11.1. The zero-order valence-corrected chi connectivity index (χ0v) is 14.0. The summed E-state index contributed by atoms with van der Waals surface area (Å²) in [5.41, 5.74) is 8.65. The topological polar surface area (TPSA) is 54.5 Å². The number of nitrogens with one attached hydrogen (secondary N) is 1. The van der Waals surface area contributed by atoms with Crippen LogP contribution < -0.4 is 0 Å².